The standard InChI is InChI=1S/C8H5ClF2N2O/c1-14-5-2-4(3-12)13-7(9)6(5)8(10)11/h2,8H,1H3. The highest BCUT2D eigenvalue weighted by atomic mass is 35.5. The average molecular weight is 219 g/mol. The minimum atomic E-state index is -2.78. The highest BCUT2D eigenvalue weighted by Gasteiger charge is 2.20. The van der Waals surface area contributed by atoms with Crippen LogP contribution < -0.4 is 4.74 Å². The molecule has 14 heavy (non-hydrogen) atoms. The summed E-state index contributed by atoms with van der Waals surface area (Å²) >= 11 is 5.46. The molecule has 0 amide bonds. The molecule has 0 spiro atoms. The van der Waals surface area contributed by atoms with Crippen LogP contribution in [0.25, 0.3) is 0 Å². The van der Waals surface area contributed by atoms with Gasteiger partial charge in [0.2, 0.25) is 0 Å². The number of nitrogens with zero attached hydrogens (tertiary/aromatic N) is 2. The van der Waals surface area contributed by atoms with Crippen LogP contribution in [0.5, 0.6) is 5.75 Å². The smallest absolute Gasteiger partial charge is 0.270 e. The van der Waals surface area contributed by atoms with E-state index in [-0.39, 0.29) is 11.4 Å². The van der Waals surface area contributed by atoms with Gasteiger partial charge in [0.05, 0.1) is 12.7 Å². The maximum Gasteiger partial charge on any atom is 0.270 e. The van der Waals surface area contributed by atoms with Crippen molar-refractivity contribution in [3.8, 4) is 11.8 Å². The van der Waals surface area contributed by atoms with E-state index < -0.39 is 17.1 Å². The average Bonchev–Trinajstić information content (AvgIpc) is 2.15. The van der Waals surface area contributed by atoms with E-state index in [4.69, 9.17) is 16.9 Å². The first-order valence-electron chi connectivity index (χ1n) is 3.52. The third kappa shape index (κ3) is 1.91. The van der Waals surface area contributed by atoms with E-state index in [1.165, 1.54) is 7.11 Å². The fraction of sp³-hybridized carbons (Fsp3) is 0.250. The van der Waals surface area contributed by atoms with Crippen LogP contribution >= 0.6 is 11.6 Å². The largest absolute Gasteiger partial charge is 0.496 e. The molecular weight excluding hydrogens is 214 g/mol. The number of methoxy groups -OCH3 is 1. The summed E-state index contributed by atoms with van der Waals surface area (Å²) in [5.74, 6) is -0.128. The molecule has 0 N–H and O–H groups in total. The number of aromatic nitrogens is 1. The van der Waals surface area contributed by atoms with E-state index >= 15 is 0 Å². The predicted octanol–water partition coefficient (Wildman–Crippen LogP) is 2.55. The number of alkyl halides is 2. The molecule has 0 aliphatic heterocycles. The Labute approximate surface area is 83.9 Å². The van der Waals surface area contributed by atoms with Crippen LogP contribution in [0.1, 0.15) is 17.7 Å². The summed E-state index contributed by atoms with van der Waals surface area (Å²) in [5.41, 5.74) is -0.551. The van der Waals surface area contributed by atoms with Crippen LogP contribution in [0.2, 0.25) is 5.15 Å². The second-order valence-electron chi connectivity index (χ2n) is 2.33. The predicted molar refractivity (Wildman–Crippen MR) is 45.5 cm³/mol. The number of hydrogen-bond acceptors (Lipinski definition) is 3. The minimum Gasteiger partial charge on any atom is -0.496 e. The number of pyridine rings is 1. The van der Waals surface area contributed by atoms with Gasteiger partial charge in [-0.1, -0.05) is 11.6 Å². The molecule has 0 aliphatic rings. The van der Waals surface area contributed by atoms with Crippen molar-refractivity contribution in [2.45, 2.75) is 6.43 Å². The van der Waals surface area contributed by atoms with Gasteiger partial charge in [-0.25, -0.2) is 13.8 Å². The first-order valence-corrected chi connectivity index (χ1v) is 3.90. The van der Waals surface area contributed by atoms with E-state index in [0.29, 0.717) is 0 Å². The summed E-state index contributed by atoms with van der Waals surface area (Å²) < 4.78 is 29.5. The second-order valence-corrected chi connectivity index (χ2v) is 2.68. The zero-order valence-corrected chi connectivity index (χ0v) is 7.85. The summed E-state index contributed by atoms with van der Waals surface area (Å²) in [5, 5.41) is 8.09. The maximum atomic E-state index is 12.4. The molecule has 0 atom stereocenters. The lowest BCUT2D eigenvalue weighted by Crippen LogP contribution is -1.97. The summed E-state index contributed by atoms with van der Waals surface area (Å²) in [4.78, 5) is 3.47. The fourth-order valence-electron chi connectivity index (χ4n) is 0.926. The van der Waals surface area contributed by atoms with Crippen molar-refractivity contribution >= 4 is 11.6 Å². The molecule has 0 aromatic carbocycles. The van der Waals surface area contributed by atoms with Crippen LogP contribution in [0.4, 0.5) is 8.78 Å². The van der Waals surface area contributed by atoms with Crippen molar-refractivity contribution in [3.63, 3.8) is 0 Å². The highest BCUT2D eigenvalue weighted by molar-refractivity contribution is 6.30. The van der Waals surface area contributed by atoms with Gasteiger partial charge in [-0.2, -0.15) is 5.26 Å². The Hall–Kier alpha value is -1.41. The zero-order valence-electron chi connectivity index (χ0n) is 7.09. The molecular formula is C8H5ClF2N2O. The molecule has 0 unspecified atom stereocenters. The van der Waals surface area contributed by atoms with Crippen molar-refractivity contribution in [2.24, 2.45) is 0 Å². The third-order valence-electron chi connectivity index (χ3n) is 1.53. The molecule has 0 bridgehead atoms. The quantitative estimate of drug-likeness (QED) is 0.717. The third-order valence-corrected chi connectivity index (χ3v) is 1.81. The van der Waals surface area contributed by atoms with Crippen molar-refractivity contribution < 1.29 is 13.5 Å². The molecule has 1 rings (SSSR count). The van der Waals surface area contributed by atoms with Gasteiger partial charge in [0.25, 0.3) is 6.43 Å². The molecule has 0 aliphatic carbocycles. The lowest BCUT2D eigenvalue weighted by Gasteiger charge is -2.08. The zero-order chi connectivity index (χ0) is 10.7. The summed E-state index contributed by atoms with van der Waals surface area (Å²) in [6.45, 7) is 0. The Morgan fingerprint density at radius 1 is 1.64 bits per heavy atom. The van der Waals surface area contributed by atoms with E-state index in [9.17, 15) is 8.78 Å². The number of rotatable bonds is 2. The Kier molecular flexibility index (Phi) is 3.20. The van der Waals surface area contributed by atoms with Crippen LogP contribution in [0.15, 0.2) is 6.07 Å². The SMILES string of the molecule is COc1cc(C#N)nc(Cl)c1C(F)F. The van der Waals surface area contributed by atoms with Gasteiger partial charge in [0.1, 0.15) is 22.7 Å². The van der Waals surface area contributed by atoms with Crippen molar-refractivity contribution in [1.82, 2.24) is 4.98 Å². The number of halogens is 3. The normalized spacial score (nSPS) is 10.0. The molecule has 0 radical (unpaired) electrons. The van der Waals surface area contributed by atoms with Gasteiger partial charge in [-0.3, -0.25) is 0 Å². The van der Waals surface area contributed by atoms with Gasteiger partial charge < -0.3 is 4.74 Å². The molecule has 1 aromatic heterocycles. The van der Waals surface area contributed by atoms with Crippen LogP contribution in [0.3, 0.4) is 0 Å². The van der Waals surface area contributed by atoms with Crippen LogP contribution in [0, 0.1) is 11.3 Å². The summed E-state index contributed by atoms with van der Waals surface area (Å²) in [6.07, 6.45) is -2.78. The van der Waals surface area contributed by atoms with E-state index in [1.807, 2.05) is 0 Å². The first-order chi connectivity index (χ1) is 6.60. The molecule has 1 heterocycles. The number of hydrogen-bond donors (Lipinski definition) is 0. The first kappa shape index (κ1) is 10.7. The van der Waals surface area contributed by atoms with Gasteiger partial charge in [0.15, 0.2) is 0 Å². The van der Waals surface area contributed by atoms with Crippen molar-refractivity contribution in [2.75, 3.05) is 7.11 Å². The van der Waals surface area contributed by atoms with Gasteiger partial charge >= 0.3 is 0 Å². The van der Waals surface area contributed by atoms with Gasteiger partial charge in [0, 0.05) is 6.07 Å². The molecule has 0 saturated carbocycles. The molecule has 0 saturated heterocycles. The number of nitriles is 1. The Bertz CT molecular complexity index is 390. The van der Waals surface area contributed by atoms with Crippen molar-refractivity contribution in [1.29, 1.82) is 5.26 Å². The Morgan fingerprint density at radius 2 is 2.29 bits per heavy atom. The van der Waals surface area contributed by atoms with Crippen LogP contribution in [-0.2, 0) is 0 Å². The van der Waals surface area contributed by atoms with Gasteiger partial charge in [-0.15, -0.1) is 0 Å². The molecule has 1 aromatic rings. The Balaban J connectivity index is 3.36. The van der Waals surface area contributed by atoms with Gasteiger partial charge in [-0.05, 0) is 0 Å². The van der Waals surface area contributed by atoms with E-state index in [0.717, 1.165) is 6.07 Å². The maximum absolute atomic E-state index is 12.4. The monoisotopic (exact) mass is 218 g/mol. The molecule has 0 fully saturated rings. The second kappa shape index (κ2) is 4.20. The highest BCUT2D eigenvalue weighted by Crippen LogP contribution is 2.34. The number of ether oxygens (including phenoxy) is 1. The van der Waals surface area contributed by atoms with E-state index in [2.05, 4.69) is 9.72 Å². The lowest BCUT2D eigenvalue weighted by molar-refractivity contribution is 0.146. The molecule has 74 valence electrons. The molecule has 6 heteroatoms. The van der Waals surface area contributed by atoms with E-state index in [1.54, 1.807) is 6.07 Å². The topological polar surface area (TPSA) is 45.9 Å². The molecule has 3 nitrogen and oxygen atoms in total. The summed E-state index contributed by atoms with van der Waals surface area (Å²) in [6, 6.07) is 2.81. The van der Waals surface area contributed by atoms with Crippen molar-refractivity contribution in [3.05, 3.63) is 22.5 Å². The Morgan fingerprint density at radius 3 is 2.71 bits per heavy atom. The fourth-order valence-corrected chi connectivity index (χ4v) is 1.19. The van der Waals surface area contributed by atoms with Crippen LogP contribution in [-0.4, -0.2) is 12.1 Å². The minimum absolute atomic E-state index is 0.0590. The lowest BCUT2D eigenvalue weighted by atomic mass is 10.2. The summed E-state index contributed by atoms with van der Waals surface area (Å²) in [7, 11) is 1.22.